The lowest BCUT2D eigenvalue weighted by Gasteiger charge is -2.38. The molecule has 5 rings (SSSR count). The van der Waals surface area contributed by atoms with E-state index in [4.69, 9.17) is 9.47 Å². The van der Waals surface area contributed by atoms with Crippen molar-refractivity contribution >= 4 is 16.9 Å². The molecule has 4 aromatic rings. The zero-order chi connectivity index (χ0) is 29.6. The Hall–Kier alpha value is -3.65. The van der Waals surface area contributed by atoms with Crippen molar-refractivity contribution in [3.8, 4) is 11.4 Å². The van der Waals surface area contributed by atoms with Crippen LogP contribution in [-0.4, -0.2) is 63.7 Å². The number of nitrogens with zero attached hydrogens (tertiary/aromatic N) is 2. The molecule has 0 amide bonds. The van der Waals surface area contributed by atoms with Crippen molar-refractivity contribution in [2.24, 2.45) is 0 Å². The zero-order valence-corrected chi connectivity index (χ0v) is 24.8. The fourth-order valence-corrected chi connectivity index (χ4v) is 6.14. The smallest absolute Gasteiger partial charge is 0.340 e. The predicted octanol–water partition coefficient (Wildman–Crippen LogP) is 5.97. The Balaban J connectivity index is 1.36. The van der Waals surface area contributed by atoms with Crippen LogP contribution in [0.2, 0.25) is 0 Å². The molecule has 3 atom stereocenters. The highest BCUT2D eigenvalue weighted by Crippen LogP contribution is 2.33. The number of aliphatic hydroxyl groups excluding tert-OH is 2. The summed E-state index contributed by atoms with van der Waals surface area (Å²) in [6.07, 6.45) is 2.63. The van der Waals surface area contributed by atoms with Crippen LogP contribution in [-0.2, 0) is 11.3 Å². The summed E-state index contributed by atoms with van der Waals surface area (Å²) in [4.78, 5) is 15.3. The first-order chi connectivity index (χ1) is 20.4. The molecule has 3 aromatic carbocycles. The minimum Gasteiger partial charge on any atom is -0.491 e. The van der Waals surface area contributed by atoms with Gasteiger partial charge >= 0.3 is 5.97 Å². The number of ether oxygens (including phenoxy) is 2. The van der Waals surface area contributed by atoms with E-state index in [1.807, 2.05) is 62.4 Å². The summed E-state index contributed by atoms with van der Waals surface area (Å²) in [6.45, 7) is 7.19. The molecule has 2 N–H and O–H groups in total. The Labute approximate surface area is 248 Å². The normalized spacial score (nSPS) is 17.9. The van der Waals surface area contributed by atoms with Gasteiger partial charge in [0.05, 0.1) is 23.8 Å². The van der Waals surface area contributed by atoms with Gasteiger partial charge in [0.25, 0.3) is 0 Å². The van der Waals surface area contributed by atoms with Gasteiger partial charge in [0.2, 0.25) is 0 Å². The van der Waals surface area contributed by atoms with Crippen molar-refractivity contribution in [1.82, 2.24) is 9.47 Å². The van der Waals surface area contributed by atoms with Crippen LogP contribution in [0, 0.1) is 13.8 Å². The first-order valence-corrected chi connectivity index (χ1v) is 15.0. The average Bonchev–Trinajstić information content (AvgIpc) is 3.28. The van der Waals surface area contributed by atoms with E-state index in [2.05, 4.69) is 33.7 Å². The second-order valence-corrected chi connectivity index (χ2v) is 11.3. The van der Waals surface area contributed by atoms with Crippen LogP contribution in [0.1, 0.15) is 59.8 Å². The third-order valence-corrected chi connectivity index (χ3v) is 8.23. The standard InChI is InChI=1S/C35H42N2O5/c1-4-41-35(40)34-25(3)37(27-16-14-24(2)15-17-27)31-19-18-29(20-30(31)34)42-23-28(38)22-36(21-26-10-6-5-7-11-26)32-12-8-9-13-33(32)39/h5-7,10-11,14-20,28,32-33,38-39H,4,8-9,12-13,21-23H2,1-3H3. The second-order valence-electron chi connectivity index (χ2n) is 11.3. The highest BCUT2D eigenvalue weighted by Gasteiger charge is 2.30. The molecule has 1 aromatic heterocycles. The Bertz CT molecular complexity index is 1480. The van der Waals surface area contributed by atoms with Crippen LogP contribution >= 0.6 is 0 Å². The molecule has 0 spiro atoms. The minimum absolute atomic E-state index is 0.00149. The van der Waals surface area contributed by atoms with Gasteiger partial charge in [-0.3, -0.25) is 4.90 Å². The Morgan fingerprint density at radius 2 is 1.76 bits per heavy atom. The number of hydrogen-bond acceptors (Lipinski definition) is 6. The van der Waals surface area contributed by atoms with Crippen LogP contribution in [0.4, 0.5) is 0 Å². The number of carbonyl (C=O) groups is 1. The van der Waals surface area contributed by atoms with E-state index in [0.29, 0.717) is 24.4 Å². The summed E-state index contributed by atoms with van der Waals surface area (Å²) >= 11 is 0. The summed E-state index contributed by atoms with van der Waals surface area (Å²) in [5, 5.41) is 22.6. The maximum Gasteiger partial charge on any atom is 0.340 e. The fraction of sp³-hybridized carbons (Fsp3) is 0.400. The maximum atomic E-state index is 13.1. The van der Waals surface area contributed by atoms with Crippen LogP contribution < -0.4 is 4.74 Å². The summed E-state index contributed by atoms with van der Waals surface area (Å²) in [7, 11) is 0. The molecule has 222 valence electrons. The van der Waals surface area contributed by atoms with Gasteiger partial charge in [-0.25, -0.2) is 4.79 Å². The number of carbonyl (C=O) groups excluding carboxylic acids is 1. The topological polar surface area (TPSA) is 84.2 Å². The first kappa shape index (κ1) is 29.8. The lowest BCUT2D eigenvalue weighted by Crippen LogP contribution is -2.48. The Morgan fingerprint density at radius 3 is 2.48 bits per heavy atom. The lowest BCUT2D eigenvalue weighted by molar-refractivity contribution is -0.0144. The zero-order valence-electron chi connectivity index (χ0n) is 24.8. The Kier molecular flexibility index (Phi) is 9.62. The molecule has 0 saturated heterocycles. The molecule has 1 fully saturated rings. The van der Waals surface area contributed by atoms with Gasteiger partial charge in [0.15, 0.2) is 0 Å². The minimum atomic E-state index is -0.762. The van der Waals surface area contributed by atoms with E-state index in [1.54, 1.807) is 6.92 Å². The summed E-state index contributed by atoms with van der Waals surface area (Å²) in [5.74, 6) is 0.200. The van der Waals surface area contributed by atoms with Crippen LogP contribution in [0.15, 0.2) is 72.8 Å². The molecule has 0 radical (unpaired) electrons. The number of aliphatic hydroxyl groups is 2. The maximum absolute atomic E-state index is 13.1. The molecule has 0 bridgehead atoms. The van der Waals surface area contributed by atoms with E-state index in [9.17, 15) is 15.0 Å². The van der Waals surface area contributed by atoms with Crippen molar-refractivity contribution in [2.75, 3.05) is 19.8 Å². The molecule has 0 aliphatic heterocycles. The highest BCUT2D eigenvalue weighted by molar-refractivity contribution is 6.07. The largest absolute Gasteiger partial charge is 0.491 e. The monoisotopic (exact) mass is 570 g/mol. The van der Waals surface area contributed by atoms with Gasteiger partial charge in [-0.2, -0.15) is 0 Å². The van der Waals surface area contributed by atoms with E-state index in [1.165, 1.54) is 0 Å². The molecule has 1 saturated carbocycles. The molecule has 7 heteroatoms. The van der Waals surface area contributed by atoms with Crippen LogP contribution in [0.25, 0.3) is 16.6 Å². The SMILES string of the molecule is CCOC(=O)c1c(C)n(-c2ccc(C)cc2)c2ccc(OCC(O)CN(Cc3ccccc3)C3CCCCC3O)cc12. The van der Waals surface area contributed by atoms with Crippen molar-refractivity contribution < 1.29 is 24.5 Å². The first-order valence-electron chi connectivity index (χ1n) is 15.0. The predicted molar refractivity (Wildman–Crippen MR) is 165 cm³/mol. The van der Waals surface area contributed by atoms with E-state index in [-0.39, 0.29) is 25.2 Å². The van der Waals surface area contributed by atoms with Gasteiger partial charge in [0.1, 0.15) is 18.5 Å². The molecule has 1 aliphatic carbocycles. The van der Waals surface area contributed by atoms with Gasteiger partial charge in [0, 0.05) is 35.9 Å². The molecular weight excluding hydrogens is 528 g/mol. The third-order valence-electron chi connectivity index (χ3n) is 8.23. The van der Waals surface area contributed by atoms with E-state index < -0.39 is 12.2 Å². The van der Waals surface area contributed by atoms with Crippen LogP contribution in [0.5, 0.6) is 5.75 Å². The molecule has 1 heterocycles. The van der Waals surface area contributed by atoms with Crippen molar-refractivity contribution in [2.45, 2.75) is 71.2 Å². The summed E-state index contributed by atoms with van der Waals surface area (Å²) in [5.41, 5.74) is 5.46. The second kappa shape index (κ2) is 13.6. The third kappa shape index (κ3) is 6.70. The number of esters is 1. The molecule has 1 aliphatic rings. The van der Waals surface area contributed by atoms with Gasteiger partial charge in [-0.15, -0.1) is 0 Å². The van der Waals surface area contributed by atoms with Gasteiger partial charge in [-0.05, 0) is 69.5 Å². The number of benzene rings is 3. The summed E-state index contributed by atoms with van der Waals surface area (Å²) in [6, 6.07) is 24.0. The van der Waals surface area contributed by atoms with Crippen molar-refractivity contribution in [1.29, 1.82) is 0 Å². The van der Waals surface area contributed by atoms with Crippen molar-refractivity contribution in [3.63, 3.8) is 0 Å². The molecule has 42 heavy (non-hydrogen) atoms. The molecule has 3 unspecified atom stereocenters. The number of rotatable bonds is 11. The number of aryl methyl sites for hydroxylation is 1. The molecule has 7 nitrogen and oxygen atoms in total. The van der Waals surface area contributed by atoms with E-state index in [0.717, 1.165) is 59.1 Å². The Morgan fingerprint density at radius 1 is 1.02 bits per heavy atom. The van der Waals surface area contributed by atoms with Crippen LogP contribution in [0.3, 0.4) is 0 Å². The van der Waals surface area contributed by atoms with Gasteiger partial charge < -0.3 is 24.3 Å². The highest BCUT2D eigenvalue weighted by atomic mass is 16.5. The van der Waals surface area contributed by atoms with E-state index >= 15 is 0 Å². The quantitative estimate of drug-likeness (QED) is 0.216. The number of hydrogen-bond donors (Lipinski definition) is 2. The lowest BCUT2D eigenvalue weighted by atomic mass is 9.91. The van der Waals surface area contributed by atoms with Crippen molar-refractivity contribution in [3.05, 3.63) is 95.2 Å². The molecular formula is C35H42N2O5. The number of aromatic nitrogens is 1. The summed E-state index contributed by atoms with van der Waals surface area (Å²) < 4.78 is 13.6. The average molecular weight is 571 g/mol. The van der Waals surface area contributed by atoms with Gasteiger partial charge in [-0.1, -0.05) is 60.9 Å². The fourth-order valence-electron chi connectivity index (χ4n) is 6.14. The number of fused-ring (bicyclic) bond motifs is 1.